The van der Waals surface area contributed by atoms with Crippen molar-refractivity contribution < 1.29 is 13.6 Å². The first-order valence-electron chi connectivity index (χ1n) is 10.2. The Morgan fingerprint density at radius 3 is 2.56 bits per heavy atom. The van der Waals surface area contributed by atoms with Crippen molar-refractivity contribution in [2.24, 2.45) is 0 Å². The van der Waals surface area contributed by atoms with Crippen molar-refractivity contribution in [3.8, 4) is 0 Å². The third-order valence-corrected chi connectivity index (χ3v) is 5.60. The summed E-state index contributed by atoms with van der Waals surface area (Å²) in [6.07, 6.45) is 6.41. The number of carbonyl (C=O) groups is 1. The van der Waals surface area contributed by atoms with E-state index in [9.17, 15) is 13.6 Å². The molecule has 1 saturated heterocycles. The number of hydrogen-bond acceptors (Lipinski definition) is 6. The highest BCUT2D eigenvalue weighted by Crippen LogP contribution is 2.34. The summed E-state index contributed by atoms with van der Waals surface area (Å²) in [6.45, 7) is 2.73. The fourth-order valence-electron chi connectivity index (χ4n) is 3.98. The van der Waals surface area contributed by atoms with E-state index in [0.717, 1.165) is 5.82 Å². The van der Waals surface area contributed by atoms with Crippen molar-refractivity contribution >= 4 is 34.4 Å². The number of hydrogen-bond donors (Lipinski definition) is 2. The highest BCUT2D eigenvalue weighted by atomic mass is 19.1. The number of piperazine rings is 1. The molecule has 0 spiro atoms. The van der Waals surface area contributed by atoms with Crippen molar-refractivity contribution in [1.82, 2.24) is 9.97 Å². The second-order valence-electron chi connectivity index (χ2n) is 7.52. The molecule has 2 aliphatic heterocycles. The molecule has 0 bridgehead atoms. The molecule has 2 aliphatic rings. The average Bonchev–Trinajstić information content (AvgIpc) is 3.15. The quantitative estimate of drug-likeness (QED) is 0.613. The summed E-state index contributed by atoms with van der Waals surface area (Å²) in [4.78, 5) is 24.7. The van der Waals surface area contributed by atoms with E-state index in [1.54, 1.807) is 36.8 Å². The van der Waals surface area contributed by atoms with E-state index >= 15 is 0 Å². The van der Waals surface area contributed by atoms with Gasteiger partial charge in [0, 0.05) is 56.0 Å². The molecule has 0 radical (unpaired) electrons. The number of benzene rings is 2. The van der Waals surface area contributed by atoms with Gasteiger partial charge in [-0.2, -0.15) is 0 Å². The molecular weight excluding hydrogens is 414 g/mol. The van der Waals surface area contributed by atoms with Crippen LogP contribution >= 0.6 is 0 Å². The van der Waals surface area contributed by atoms with E-state index in [-0.39, 0.29) is 17.0 Å². The number of nitrogens with one attached hydrogen (secondary N) is 2. The first-order chi connectivity index (χ1) is 15.6. The number of halogens is 2. The van der Waals surface area contributed by atoms with E-state index in [4.69, 9.17) is 0 Å². The number of amides is 1. The lowest BCUT2D eigenvalue weighted by Crippen LogP contribution is -2.47. The van der Waals surface area contributed by atoms with Gasteiger partial charge in [-0.25, -0.2) is 13.8 Å². The number of rotatable bonds is 4. The minimum absolute atomic E-state index is 0.169. The van der Waals surface area contributed by atoms with Crippen molar-refractivity contribution in [3.63, 3.8) is 0 Å². The van der Waals surface area contributed by atoms with Gasteiger partial charge in [-0.3, -0.25) is 9.78 Å². The molecule has 1 amide bonds. The zero-order valence-electron chi connectivity index (χ0n) is 17.1. The lowest BCUT2D eigenvalue weighted by atomic mass is 10.1. The Bertz CT molecular complexity index is 1190. The van der Waals surface area contributed by atoms with Crippen LogP contribution in [0.3, 0.4) is 0 Å². The maximum Gasteiger partial charge on any atom is 0.257 e. The van der Waals surface area contributed by atoms with Gasteiger partial charge in [0.1, 0.15) is 17.5 Å². The van der Waals surface area contributed by atoms with Crippen LogP contribution in [0.4, 0.5) is 31.7 Å². The number of anilines is 4. The predicted molar refractivity (Wildman–Crippen MR) is 119 cm³/mol. The SMILES string of the molecule is O=C1Nc2cccc(F)c2C1=CNc1ccc(N2CCN(c3cnccn3)CC2)c(F)c1. The second kappa shape index (κ2) is 8.26. The van der Waals surface area contributed by atoms with Crippen molar-refractivity contribution in [3.05, 3.63) is 78.4 Å². The summed E-state index contributed by atoms with van der Waals surface area (Å²) in [6, 6.07) is 9.28. The maximum absolute atomic E-state index is 14.9. The van der Waals surface area contributed by atoms with Crippen LogP contribution in [0.5, 0.6) is 0 Å². The monoisotopic (exact) mass is 434 g/mol. The molecule has 3 aromatic rings. The van der Waals surface area contributed by atoms with Crippen molar-refractivity contribution in [2.45, 2.75) is 0 Å². The van der Waals surface area contributed by atoms with E-state index in [0.29, 0.717) is 43.2 Å². The number of carbonyl (C=O) groups excluding carboxylic acids is 1. The largest absolute Gasteiger partial charge is 0.366 e. The van der Waals surface area contributed by atoms with Gasteiger partial charge in [0.15, 0.2) is 0 Å². The summed E-state index contributed by atoms with van der Waals surface area (Å²) in [5.74, 6) is -0.454. The van der Waals surface area contributed by atoms with Crippen LogP contribution < -0.4 is 20.4 Å². The van der Waals surface area contributed by atoms with Gasteiger partial charge < -0.3 is 20.4 Å². The van der Waals surface area contributed by atoms with Crippen LogP contribution in [0.15, 0.2) is 61.2 Å². The predicted octanol–water partition coefficient (Wildman–Crippen LogP) is 3.49. The Morgan fingerprint density at radius 1 is 1.00 bits per heavy atom. The Morgan fingerprint density at radius 2 is 1.81 bits per heavy atom. The topological polar surface area (TPSA) is 73.4 Å². The fraction of sp³-hybridized carbons (Fsp3) is 0.174. The molecule has 2 aromatic carbocycles. The maximum atomic E-state index is 14.9. The van der Waals surface area contributed by atoms with Crippen LogP contribution in [0.2, 0.25) is 0 Å². The highest BCUT2D eigenvalue weighted by Gasteiger charge is 2.27. The number of fused-ring (bicyclic) bond motifs is 1. The van der Waals surface area contributed by atoms with E-state index < -0.39 is 11.7 Å². The lowest BCUT2D eigenvalue weighted by molar-refractivity contribution is -0.110. The molecule has 7 nitrogen and oxygen atoms in total. The van der Waals surface area contributed by atoms with E-state index in [1.807, 2.05) is 4.90 Å². The van der Waals surface area contributed by atoms with Crippen LogP contribution in [-0.2, 0) is 4.79 Å². The van der Waals surface area contributed by atoms with Crippen LogP contribution in [0.1, 0.15) is 5.56 Å². The molecule has 162 valence electrons. The summed E-state index contributed by atoms with van der Waals surface area (Å²) >= 11 is 0. The minimum atomic E-state index is -0.490. The van der Waals surface area contributed by atoms with Crippen LogP contribution in [0, 0.1) is 11.6 Å². The Kier molecular flexibility index (Phi) is 5.14. The van der Waals surface area contributed by atoms with Gasteiger partial charge in [-0.15, -0.1) is 0 Å². The van der Waals surface area contributed by atoms with E-state index in [1.165, 1.54) is 24.4 Å². The van der Waals surface area contributed by atoms with Crippen LogP contribution in [0.25, 0.3) is 5.57 Å². The van der Waals surface area contributed by atoms with Crippen LogP contribution in [-0.4, -0.2) is 42.1 Å². The van der Waals surface area contributed by atoms with Gasteiger partial charge in [0.25, 0.3) is 5.91 Å². The molecule has 5 rings (SSSR count). The first kappa shape index (κ1) is 19.9. The summed E-state index contributed by atoms with van der Waals surface area (Å²) in [5, 5.41) is 5.54. The molecule has 3 heterocycles. The molecule has 1 fully saturated rings. The van der Waals surface area contributed by atoms with Gasteiger partial charge in [-0.05, 0) is 30.3 Å². The van der Waals surface area contributed by atoms with Gasteiger partial charge >= 0.3 is 0 Å². The molecule has 2 N–H and O–H groups in total. The molecule has 0 atom stereocenters. The first-order valence-corrected chi connectivity index (χ1v) is 10.2. The second-order valence-corrected chi connectivity index (χ2v) is 7.52. The average molecular weight is 434 g/mol. The lowest BCUT2D eigenvalue weighted by Gasteiger charge is -2.36. The van der Waals surface area contributed by atoms with Gasteiger partial charge in [-0.1, -0.05) is 6.07 Å². The Labute approximate surface area is 183 Å². The smallest absolute Gasteiger partial charge is 0.257 e. The zero-order valence-corrected chi connectivity index (χ0v) is 17.1. The number of aromatic nitrogens is 2. The third kappa shape index (κ3) is 3.73. The van der Waals surface area contributed by atoms with E-state index in [2.05, 4.69) is 25.5 Å². The minimum Gasteiger partial charge on any atom is -0.366 e. The molecular formula is C23H20F2N6O. The zero-order chi connectivity index (χ0) is 22.1. The number of nitrogens with zero attached hydrogens (tertiary/aromatic N) is 4. The van der Waals surface area contributed by atoms with Gasteiger partial charge in [0.05, 0.1) is 23.1 Å². The highest BCUT2D eigenvalue weighted by molar-refractivity contribution is 6.31. The van der Waals surface area contributed by atoms with Gasteiger partial charge in [0.2, 0.25) is 0 Å². The molecule has 32 heavy (non-hydrogen) atoms. The summed E-state index contributed by atoms with van der Waals surface area (Å²) in [7, 11) is 0. The molecule has 1 aromatic heterocycles. The summed E-state index contributed by atoms with van der Waals surface area (Å²) in [5.41, 5.74) is 1.78. The summed E-state index contributed by atoms with van der Waals surface area (Å²) < 4.78 is 29.0. The standard InChI is InChI=1S/C23H20F2N6O/c24-17-2-1-3-19-22(17)16(23(32)29-19)13-28-15-4-5-20(18(25)12-15)30-8-10-31(11-9-30)21-14-26-6-7-27-21/h1-7,12-14,28H,8-11H2,(H,29,32). The fourth-order valence-corrected chi connectivity index (χ4v) is 3.98. The van der Waals surface area contributed by atoms with Crippen molar-refractivity contribution in [1.29, 1.82) is 0 Å². The molecule has 0 unspecified atom stereocenters. The molecule has 0 saturated carbocycles. The van der Waals surface area contributed by atoms with Crippen molar-refractivity contribution in [2.75, 3.05) is 46.6 Å². The Hall–Kier alpha value is -4.01. The normalized spacial score (nSPS) is 16.8. The Balaban J connectivity index is 1.28. The third-order valence-electron chi connectivity index (χ3n) is 5.60. The molecule has 0 aliphatic carbocycles. The molecule has 9 heteroatoms.